The van der Waals surface area contributed by atoms with E-state index in [1.807, 2.05) is 48.5 Å². The second kappa shape index (κ2) is 7.43. The lowest BCUT2D eigenvalue weighted by Crippen LogP contribution is -2.11. The lowest BCUT2D eigenvalue weighted by Gasteiger charge is -2.08. The molecule has 0 radical (unpaired) electrons. The van der Waals surface area contributed by atoms with Crippen molar-refractivity contribution >= 4 is 28.8 Å². The molecule has 0 bridgehead atoms. The smallest absolute Gasteiger partial charge is 0.344 e. The van der Waals surface area contributed by atoms with E-state index in [4.69, 9.17) is 15.2 Å². The maximum atomic E-state index is 12.8. The standard InChI is InChI=1S/C26H21NO4/c1-2-3-7-16-12-17(10-11-20(16)27)24-19-14-21-18(13-22(19)31-26(24)29)23(25(28)30-21)15-8-5-4-6-9-15/h4-6,8-14H,2-3,7,27H2,1H3. The van der Waals surface area contributed by atoms with Gasteiger partial charge >= 0.3 is 11.9 Å². The van der Waals surface area contributed by atoms with E-state index in [2.05, 4.69) is 6.92 Å². The molecule has 0 aliphatic carbocycles. The summed E-state index contributed by atoms with van der Waals surface area (Å²) in [5.41, 5.74) is 10.3. The van der Waals surface area contributed by atoms with Crippen LogP contribution in [-0.4, -0.2) is 11.9 Å². The van der Waals surface area contributed by atoms with Crippen molar-refractivity contribution in [2.24, 2.45) is 0 Å². The van der Waals surface area contributed by atoms with Gasteiger partial charge in [-0.25, -0.2) is 9.59 Å². The number of hydrogen-bond donors (Lipinski definition) is 1. The molecule has 0 unspecified atom stereocenters. The minimum absolute atomic E-state index is 0.410. The number of fused-ring (bicyclic) bond motifs is 2. The highest BCUT2D eigenvalue weighted by Crippen LogP contribution is 2.28. The third-order valence-corrected chi connectivity index (χ3v) is 5.73. The average molecular weight is 411 g/mol. The molecule has 5 rings (SSSR count). The first kappa shape index (κ1) is 19.1. The molecule has 154 valence electrons. The van der Waals surface area contributed by atoms with Gasteiger partial charge in [-0.15, -0.1) is 0 Å². The van der Waals surface area contributed by atoms with Crippen molar-refractivity contribution in [3.63, 3.8) is 0 Å². The number of anilines is 1. The van der Waals surface area contributed by atoms with E-state index < -0.39 is 11.9 Å². The van der Waals surface area contributed by atoms with Gasteiger partial charge in [0.1, 0.15) is 11.5 Å². The van der Waals surface area contributed by atoms with Crippen molar-refractivity contribution in [1.82, 2.24) is 0 Å². The fraction of sp³-hybridized carbons (Fsp3) is 0.154. The minimum Gasteiger partial charge on any atom is -0.422 e. The van der Waals surface area contributed by atoms with Crippen molar-refractivity contribution in [3.8, 4) is 11.5 Å². The number of carbonyl (C=O) groups is 2. The molecular weight excluding hydrogens is 390 g/mol. The Labute approximate surface area is 179 Å². The number of rotatable bonds is 5. The molecular formula is C26H21NO4. The maximum absolute atomic E-state index is 12.8. The number of nitrogen functional groups attached to an aromatic ring is 1. The van der Waals surface area contributed by atoms with Gasteiger partial charge < -0.3 is 15.2 Å². The van der Waals surface area contributed by atoms with Gasteiger partial charge in [0.05, 0.1) is 11.1 Å². The summed E-state index contributed by atoms with van der Waals surface area (Å²) in [5, 5.41) is 1.25. The Hall–Kier alpha value is -3.86. The molecule has 31 heavy (non-hydrogen) atoms. The first-order valence-electron chi connectivity index (χ1n) is 10.4. The first-order chi connectivity index (χ1) is 15.1. The van der Waals surface area contributed by atoms with Crippen molar-refractivity contribution in [3.05, 3.63) is 87.8 Å². The van der Waals surface area contributed by atoms with Gasteiger partial charge in [0, 0.05) is 16.1 Å². The highest BCUT2D eigenvalue weighted by atomic mass is 16.5. The third kappa shape index (κ3) is 3.19. The topological polar surface area (TPSA) is 78.6 Å². The van der Waals surface area contributed by atoms with Crippen molar-refractivity contribution in [2.75, 3.05) is 5.73 Å². The molecule has 3 aromatic rings. The molecule has 0 spiro atoms. The van der Waals surface area contributed by atoms with E-state index in [-0.39, 0.29) is 0 Å². The number of ether oxygens (including phenoxy) is 2. The van der Waals surface area contributed by atoms with Crippen molar-refractivity contribution < 1.29 is 19.1 Å². The largest absolute Gasteiger partial charge is 0.422 e. The van der Waals surface area contributed by atoms with E-state index in [1.165, 1.54) is 0 Å². The molecule has 5 nitrogen and oxygen atoms in total. The predicted molar refractivity (Wildman–Crippen MR) is 118 cm³/mol. The highest BCUT2D eigenvalue weighted by Gasteiger charge is 2.30. The molecule has 0 aromatic heterocycles. The molecule has 2 N–H and O–H groups in total. The van der Waals surface area contributed by atoms with Gasteiger partial charge in [-0.2, -0.15) is 0 Å². The van der Waals surface area contributed by atoms with Crippen LogP contribution in [0.3, 0.4) is 0 Å². The number of aryl methyl sites for hydroxylation is 1. The first-order valence-corrected chi connectivity index (χ1v) is 10.4. The van der Waals surface area contributed by atoms with Gasteiger partial charge in [0.15, 0.2) is 0 Å². The van der Waals surface area contributed by atoms with E-state index in [0.717, 1.165) is 41.6 Å². The van der Waals surface area contributed by atoms with Gasteiger partial charge in [-0.05, 0) is 53.8 Å². The Bertz CT molecular complexity index is 1360. The lowest BCUT2D eigenvalue weighted by atomic mass is 9.97. The molecule has 0 atom stereocenters. The summed E-state index contributed by atoms with van der Waals surface area (Å²) in [7, 11) is 0. The average Bonchev–Trinajstić information content (AvgIpc) is 3.26. The van der Waals surface area contributed by atoms with Gasteiger partial charge in [-0.3, -0.25) is 0 Å². The fourth-order valence-electron chi connectivity index (χ4n) is 4.14. The number of unbranched alkanes of at least 4 members (excludes halogenated alkanes) is 1. The SMILES string of the molecule is CCCCc1cc(C2=c3cc4c(cc3OC2=O)=C(c2ccccc2)C(=O)O4)ccc1N. The normalized spacial score (nSPS) is 14.4. The summed E-state index contributed by atoms with van der Waals surface area (Å²) in [6.07, 6.45) is 2.93. The van der Waals surface area contributed by atoms with Gasteiger partial charge in [-0.1, -0.05) is 49.7 Å². The number of carbonyl (C=O) groups excluding carboxylic acids is 2. The van der Waals surface area contributed by atoms with Crippen LogP contribution in [0.15, 0.2) is 60.7 Å². The predicted octanol–water partition coefficient (Wildman–Crippen LogP) is 2.85. The van der Waals surface area contributed by atoms with E-state index in [1.54, 1.807) is 12.1 Å². The van der Waals surface area contributed by atoms with Crippen LogP contribution in [0.25, 0.3) is 11.1 Å². The lowest BCUT2D eigenvalue weighted by molar-refractivity contribution is -0.128. The zero-order valence-corrected chi connectivity index (χ0v) is 17.1. The fourth-order valence-corrected chi connectivity index (χ4v) is 4.14. The summed E-state index contributed by atoms with van der Waals surface area (Å²) in [5.74, 6) is 0.0297. The van der Waals surface area contributed by atoms with Crippen LogP contribution < -0.4 is 25.6 Å². The van der Waals surface area contributed by atoms with Crippen molar-refractivity contribution in [2.45, 2.75) is 26.2 Å². The molecule has 2 aliphatic rings. The molecule has 0 fully saturated rings. The van der Waals surface area contributed by atoms with Crippen LogP contribution in [0.1, 0.15) is 36.5 Å². The Morgan fingerprint density at radius 2 is 1.39 bits per heavy atom. The molecule has 0 saturated heterocycles. The highest BCUT2D eigenvalue weighted by molar-refractivity contribution is 6.21. The van der Waals surface area contributed by atoms with E-state index >= 15 is 0 Å². The summed E-state index contributed by atoms with van der Waals surface area (Å²) in [6, 6.07) is 18.4. The van der Waals surface area contributed by atoms with Crippen LogP contribution in [0.5, 0.6) is 11.5 Å². The summed E-state index contributed by atoms with van der Waals surface area (Å²) >= 11 is 0. The zero-order chi connectivity index (χ0) is 21.5. The zero-order valence-electron chi connectivity index (χ0n) is 17.1. The monoisotopic (exact) mass is 411 g/mol. The van der Waals surface area contributed by atoms with Gasteiger partial charge in [0.25, 0.3) is 0 Å². The number of nitrogens with two attached hydrogens (primary N) is 1. The van der Waals surface area contributed by atoms with E-state index in [0.29, 0.717) is 33.1 Å². The molecule has 0 amide bonds. The number of esters is 2. The van der Waals surface area contributed by atoms with Crippen LogP contribution in [0.2, 0.25) is 0 Å². The number of benzene rings is 3. The molecule has 0 saturated carbocycles. The van der Waals surface area contributed by atoms with Crippen LogP contribution >= 0.6 is 0 Å². The Kier molecular flexibility index (Phi) is 4.59. The Balaban J connectivity index is 1.70. The van der Waals surface area contributed by atoms with Crippen LogP contribution in [0, 0.1) is 0 Å². The third-order valence-electron chi connectivity index (χ3n) is 5.73. The van der Waals surface area contributed by atoms with Crippen molar-refractivity contribution in [1.29, 1.82) is 0 Å². The minimum atomic E-state index is -0.419. The second-order valence-corrected chi connectivity index (χ2v) is 7.76. The summed E-state index contributed by atoms with van der Waals surface area (Å²) in [4.78, 5) is 25.4. The van der Waals surface area contributed by atoms with Crippen LogP contribution in [0.4, 0.5) is 5.69 Å². The maximum Gasteiger partial charge on any atom is 0.344 e. The van der Waals surface area contributed by atoms with Crippen LogP contribution in [-0.2, 0) is 16.0 Å². The molecule has 3 aromatic carbocycles. The molecule has 5 heteroatoms. The Morgan fingerprint density at radius 1 is 0.774 bits per heavy atom. The number of hydrogen-bond acceptors (Lipinski definition) is 5. The van der Waals surface area contributed by atoms with E-state index in [9.17, 15) is 9.59 Å². The summed E-state index contributed by atoms with van der Waals surface area (Å²) in [6.45, 7) is 2.13. The van der Waals surface area contributed by atoms with Gasteiger partial charge in [0.2, 0.25) is 0 Å². The quantitative estimate of drug-likeness (QED) is 0.397. The molecule has 2 heterocycles. The second-order valence-electron chi connectivity index (χ2n) is 7.76. The Morgan fingerprint density at radius 3 is 2.00 bits per heavy atom. The molecule has 2 aliphatic heterocycles. The summed E-state index contributed by atoms with van der Waals surface area (Å²) < 4.78 is 11.1.